The fraction of sp³-hybridized carbons (Fsp3) is 0.750. The van der Waals surface area contributed by atoms with Crippen molar-refractivity contribution in [3.8, 4) is 0 Å². The lowest BCUT2D eigenvalue weighted by Gasteiger charge is -2.49. The molecule has 5 heteroatoms. The fourth-order valence-corrected chi connectivity index (χ4v) is 2.73. The lowest BCUT2D eigenvalue weighted by molar-refractivity contribution is -0.0511. The van der Waals surface area contributed by atoms with Crippen molar-refractivity contribution in [2.45, 2.75) is 65.5 Å². The molecule has 1 saturated carbocycles. The quantitative estimate of drug-likeness (QED) is 0.721. The van der Waals surface area contributed by atoms with Crippen molar-refractivity contribution in [2.24, 2.45) is 5.41 Å². The molecular formula is C16H28N4O. The Morgan fingerprint density at radius 2 is 1.95 bits per heavy atom. The summed E-state index contributed by atoms with van der Waals surface area (Å²) in [4.78, 5) is 8.82. The summed E-state index contributed by atoms with van der Waals surface area (Å²) in [6.45, 7) is 9.41. The summed E-state index contributed by atoms with van der Waals surface area (Å²) in [6, 6.07) is 0.261. The van der Waals surface area contributed by atoms with Gasteiger partial charge in [0.1, 0.15) is 18.0 Å². The molecule has 5 nitrogen and oxygen atoms in total. The summed E-state index contributed by atoms with van der Waals surface area (Å²) in [5, 5.41) is 16.8. The van der Waals surface area contributed by atoms with Crippen LogP contribution in [0.1, 0.15) is 52.5 Å². The van der Waals surface area contributed by atoms with Crippen LogP contribution in [0.25, 0.3) is 0 Å². The minimum atomic E-state index is -0.232. The Morgan fingerprint density at radius 3 is 2.52 bits per heavy atom. The molecule has 0 radical (unpaired) electrons. The highest BCUT2D eigenvalue weighted by molar-refractivity contribution is 5.58. The summed E-state index contributed by atoms with van der Waals surface area (Å²) < 4.78 is 0. The Bertz CT molecular complexity index is 475. The predicted octanol–water partition coefficient (Wildman–Crippen LogP) is 2.82. The average Bonchev–Trinajstić information content (AvgIpc) is 2.47. The Kier molecular flexibility index (Phi) is 5.04. The van der Waals surface area contributed by atoms with Crippen LogP contribution in [0.3, 0.4) is 0 Å². The van der Waals surface area contributed by atoms with E-state index in [1.54, 1.807) is 6.33 Å². The van der Waals surface area contributed by atoms with Crippen LogP contribution in [-0.2, 0) is 6.42 Å². The minimum absolute atomic E-state index is 0.106. The average molecular weight is 292 g/mol. The van der Waals surface area contributed by atoms with Gasteiger partial charge < -0.3 is 15.7 Å². The van der Waals surface area contributed by atoms with E-state index in [1.165, 1.54) is 0 Å². The van der Waals surface area contributed by atoms with Gasteiger partial charge in [0, 0.05) is 23.6 Å². The van der Waals surface area contributed by atoms with Gasteiger partial charge in [-0.3, -0.25) is 0 Å². The Balaban J connectivity index is 2.18. The second kappa shape index (κ2) is 6.60. The first-order chi connectivity index (χ1) is 10.0. The molecule has 3 N–H and O–H groups in total. The molecule has 1 heterocycles. The molecule has 1 aromatic heterocycles. The maximum atomic E-state index is 9.88. The summed E-state index contributed by atoms with van der Waals surface area (Å²) >= 11 is 0. The van der Waals surface area contributed by atoms with Crippen molar-refractivity contribution in [2.75, 3.05) is 17.2 Å². The Hall–Kier alpha value is -1.36. The van der Waals surface area contributed by atoms with E-state index < -0.39 is 0 Å². The molecule has 2 atom stereocenters. The number of hydrogen-bond donors (Lipinski definition) is 3. The third-order valence-electron chi connectivity index (χ3n) is 4.51. The van der Waals surface area contributed by atoms with Gasteiger partial charge in [-0.05, 0) is 19.3 Å². The van der Waals surface area contributed by atoms with Crippen LogP contribution in [0.4, 0.5) is 11.6 Å². The SMILES string of the molecule is CCCNc1ncnc(NC2CC(O)C2(C)C)c1CCC. The maximum Gasteiger partial charge on any atom is 0.134 e. The fourth-order valence-electron chi connectivity index (χ4n) is 2.73. The van der Waals surface area contributed by atoms with E-state index in [0.717, 1.165) is 49.4 Å². The van der Waals surface area contributed by atoms with Crippen LogP contribution in [0.5, 0.6) is 0 Å². The number of nitrogens with one attached hydrogen (secondary N) is 2. The second-order valence-corrected chi connectivity index (χ2v) is 6.50. The predicted molar refractivity (Wildman–Crippen MR) is 86.6 cm³/mol. The lowest BCUT2D eigenvalue weighted by Crippen LogP contribution is -2.57. The standard InChI is InChI=1S/C16H28N4O/c1-5-7-11-14(17-8-6-2)18-10-19-15(11)20-12-9-13(21)16(12,3)4/h10,12-13,21H,5-9H2,1-4H3,(H2,17,18,19,20). The van der Waals surface area contributed by atoms with Crippen molar-refractivity contribution in [1.82, 2.24) is 9.97 Å². The lowest BCUT2D eigenvalue weighted by atomic mass is 9.64. The number of rotatable bonds is 7. The van der Waals surface area contributed by atoms with E-state index in [2.05, 4.69) is 48.3 Å². The normalized spacial score (nSPS) is 23.5. The molecule has 1 aliphatic rings. The van der Waals surface area contributed by atoms with Gasteiger partial charge in [0.25, 0.3) is 0 Å². The number of hydrogen-bond acceptors (Lipinski definition) is 5. The first kappa shape index (κ1) is 16.0. The smallest absolute Gasteiger partial charge is 0.134 e. The van der Waals surface area contributed by atoms with Gasteiger partial charge in [-0.2, -0.15) is 0 Å². The zero-order chi connectivity index (χ0) is 15.5. The van der Waals surface area contributed by atoms with E-state index in [1.807, 2.05) is 0 Å². The molecule has 1 aromatic rings. The van der Waals surface area contributed by atoms with Gasteiger partial charge >= 0.3 is 0 Å². The van der Waals surface area contributed by atoms with Crippen molar-refractivity contribution in [1.29, 1.82) is 0 Å². The van der Waals surface area contributed by atoms with Gasteiger partial charge in [-0.1, -0.05) is 34.1 Å². The second-order valence-electron chi connectivity index (χ2n) is 6.50. The van der Waals surface area contributed by atoms with E-state index in [9.17, 15) is 5.11 Å². The van der Waals surface area contributed by atoms with Gasteiger partial charge in [0.05, 0.1) is 6.10 Å². The topological polar surface area (TPSA) is 70.1 Å². The minimum Gasteiger partial charge on any atom is -0.392 e. The third-order valence-corrected chi connectivity index (χ3v) is 4.51. The van der Waals surface area contributed by atoms with Gasteiger partial charge in [0.15, 0.2) is 0 Å². The van der Waals surface area contributed by atoms with E-state index in [-0.39, 0.29) is 17.6 Å². The molecule has 21 heavy (non-hydrogen) atoms. The van der Waals surface area contributed by atoms with Crippen molar-refractivity contribution in [3.05, 3.63) is 11.9 Å². The van der Waals surface area contributed by atoms with Crippen molar-refractivity contribution in [3.63, 3.8) is 0 Å². The molecule has 0 aliphatic heterocycles. The van der Waals surface area contributed by atoms with E-state index >= 15 is 0 Å². The molecule has 0 saturated heterocycles. The molecule has 0 spiro atoms. The highest BCUT2D eigenvalue weighted by atomic mass is 16.3. The summed E-state index contributed by atoms with van der Waals surface area (Å²) in [7, 11) is 0. The summed E-state index contributed by atoms with van der Waals surface area (Å²) in [5.41, 5.74) is 1.05. The van der Waals surface area contributed by atoms with Crippen molar-refractivity contribution >= 4 is 11.6 Å². The zero-order valence-electron chi connectivity index (χ0n) is 13.6. The number of aliphatic hydroxyl groups is 1. The van der Waals surface area contributed by atoms with Gasteiger partial charge in [-0.15, -0.1) is 0 Å². The van der Waals surface area contributed by atoms with Gasteiger partial charge in [-0.25, -0.2) is 9.97 Å². The zero-order valence-corrected chi connectivity index (χ0v) is 13.6. The molecule has 2 unspecified atom stereocenters. The molecular weight excluding hydrogens is 264 g/mol. The number of aliphatic hydroxyl groups excluding tert-OH is 1. The highest BCUT2D eigenvalue weighted by Crippen LogP contribution is 2.42. The molecule has 1 aliphatic carbocycles. The first-order valence-corrected chi connectivity index (χ1v) is 8.03. The van der Waals surface area contributed by atoms with Crippen LogP contribution in [-0.4, -0.2) is 33.8 Å². The van der Waals surface area contributed by atoms with E-state index in [0.29, 0.717) is 0 Å². The van der Waals surface area contributed by atoms with Crippen LogP contribution in [0.15, 0.2) is 6.33 Å². The first-order valence-electron chi connectivity index (χ1n) is 8.03. The van der Waals surface area contributed by atoms with Crippen LogP contribution in [0, 0.1) is 5.41 Å². The number of aromatic nitrogens is 2. The Labute approximate surface area is 127 Å². The monoisotopic (exact) mass is 292 g/mol. The van der Waals surface area contributed by atoms with E-state index in [4.69, 9.17) is 0 Å². The molecule has 0 amide bonds. The van der Waals surface area contributed by atoms with Crippen LogP contribution < -0.4 is 10.6 Å². The molecule has 1 fully saturated rings. The maximum absolute atomic E-state index is 9.88. The highest BCUT2D eigenvalue weighted by Gasteiger charge is 2.47. The molecule has 0 bridgehead atoms. The number of anilines is 2. The Morgan fingerprint density at radius 1 is 1.24 bits per heavy atom. The molecule has 2 rings (SSSR count). The number of nitrogens with zero attached hydrogens (tertiary/aromatic N) is 2. The van der Waals surface area contributed by atoms with Gasteiger partial charge in [0.2, 0.25) is 0 Å². The summed E-state index contributed by atoms with van der Waals surface area (Å²) in [5.74, 6) is 1.85. The third kappa shape index (κ3) is 3.28. The molecule has 0 aromatic carbocycles. The molecule has 118 valence electrons. The van der Waals surface area contributed by atoms with Crippen molar-refractivity contribution < 1.29 is 5.11 Å². The van der Waals surface area contributed by atoms with Crippen LogP contribution >= 0.6 is 0 Å². The van der Waals surface area contributed by atoms with Crippen LogP contribution in [0.2, 0.25) is 0 Å². The largest absolute Gasteiger partial charge is 0.392 e. The summed E-state index contributed by atoms with van der Waals surface area (Å²) in [6.07, 6.45) is 5.23.